The van der Waals surface area contributed by atoms with Crippen molar-refractivity contribution in [3.05, 3.63) is 83.9 Å². The van der Waals surface area contributed by atoms with Crippen molar-refractivity contribution in [3.63, 3.8) is 0 Å². The molecule has 3 aromatic rings. The van der Waals surface area contributed by atoms with Crippen molar-refractivity contribution >= 4 is 16.9 Å². The normalized spacial score (nSPS) is 24.1. The standard InChI is InChI=1S/C22H22N4S/c1-15-8-3-4-10-18(15)25-13-7-11-19(25)21-20(17-9-5-6-12-23-17)24-22-26(21)14-16(2)27-22/h3-13,16,20-21H,14H2,1-2H3/t16-,20-,21-/m1/s1. The van der Waals surface area contributed by atoms with Gasteiger partial charge in [-0.3, -0.25) is 9.98 Å². The Kier molecular flexibility index (Phi) is 4.05. The SMILES string of the molecule is Cc1ccccc1-n1cccc1[C@@H]1[C@@H](c2ccccn2)N=C2S[C@H](C)CN21. The number of para-hydroxylation sites is 1. The van der Waals surface area contributed by atoms with Crippen molar-refractivity contribution in [3.8, 4) is 5.69 Å². The maximum atomic E-state index is 5.10. The third-order valence-electron chi connectivity index (χ3n) is 5.34. The molecule has 1 aromatic carbocycles. The number of hydrogen-bond donors (Lipinski definition) is 0. The van der Waals surface area contributed by atoms with Crippen LogP contribution in [0.3, 0.4) is 0 Å². The van der Waals surface area contributed by atoms with E-state index in [1.165, 1.54) is 16.9 Å². The van der Waals surface area contributed by atoms with E-state index >= 15 is 0 Å². The summed E-state index contributed by atoms with van der Waals surface area (Å²) in [5.74, 6) is 0. The number of hydrogen-bond acceptors (Lipinski definition) is 4. The van der Waals surface area contributed by atoms with E-state index in [9.17, 15) is 0 Å². The number of nitrogens with zero attached hydrogens (tertiary/aromatic N) is 4. The van der Waals surface area contributed by atoms with Crippen LogP contribution in [0.4, 0.5) is 0 Å². The van der Waals surface area contributed by atoms with Gasteiger partial charge >= 0.3 is 0 Å². The highest BCUT2D eigenvalue weighted by Crippen LogP contribution is 2.47. The molecule has 0 unspecified atom stereocenters. The van der Waals surface area contributed by atoms with Gasteiger partial charge in [-0.25, -0.2) is 0 Å². The van der Waals surface area contributed by atoms with Crippen molar-refractivity contribution in [2.75, 3.05) is 6.54 Å². The zero-order valence-electron chi connectivity index (χ0n) is 15.5. The third-order valence-corrected chi connectivity index (χ3v) is 6.44. The Morgan fingerprint density at radius 2 is 1.89 bits per heavy atom. The molecule has 0 aliphatic carbocycles. The monoisotopic (exact) mass is 374 g/mol. The summed E-state index contributed by atoms with van der Waals surface area (Å²) >= 11 is 1.88. The molecule has 0 bridgehead atoms. The second-order valence-corrected chi connectivity index (χ2v) is 8.63. The Morgan fingerprint density at radius 3 is 2.70 bits per heavy atom. The first-order chi connectivity index (χ1) is 13.2. The van der Waals surface area contributed by atoms with Gasteiger partial charge in [-0.15, -0.1) is 0 Å². The number of fused-ring (bicyclic) bond motifs is 1. The zero-order valence-corrected chi connectivity index (χ0v) is 16.3. The second kappa shape index (κ2) is 6.57. The van der Waals surface area contributed by atoms with Crippen LogP contribution in [0.2, 0.25) is 0 Å². The largest absolute Gasteiger partial charge is 0.339 e. The molecule has 5 heteroatoms. The lowest BCUT2D eigenvalue weighted by Crippen LogP contribution is -2.30. The summed E-state index contributed by atoms with van der Waals surface area (Å²) in [4.78, 5) is 12.2. The minimum absolute atomic E-state index is 0.0267. The van der Waals surface area contributed by atoms with E-state index in [0.717, 1.165) is 17.4 Å². The molecule has 1 fully saturated rings. The number of aromatic nitrogens is 2. The molecular weight excluding hydrogens is 352 g/mol. The highest BCUT2D eigenvalue weighted by atomic mass is 32.2. The Morgan fingerprint density at radius 1 is 1.04 bits per heavy atom. The third kappa shape index (κ3) is 2.77. The molecular formula is C22H22N4S. The smallest absolute Gasteiger partial charge is 0.160 e. The summed E-state index contributed by atoms with van der Waals surface area (Å²) in [7, 11) is 0. The fourth-order valence-electron chi connectivity index (χ4n) is 4.13. The van der Waals surface area contributed by atoms with Crippen LogP contribution in [0.25, 0.3) is 5.69 Å². The zero-order chi connectivity index (χ0) is 18.4. The fraction of sp³-hybridized carbons (Fsp3) is 0.273. The Labute approximate surface area is 164 Å². The van der Waals surface area contributed by atoms with Gasteiger partial charge in [-0.05, 0) is 42.8 Å². The van der Waals surface area contributed by atoms with E-state index in [-0.39, 0.29) is 12.1 Å². The molecule has 27 heavy (non-hydrogen) atoms. The molecule has 2 aliphatic rings. The number of rotatable bonds is 3. The Balaban J connectivity index is 1.63. The molecule has 0 radical (unpaired) electrons. The quantitative estimate of drug-likeness (QED) is 0.662. The maximum Gasteiger partial charge on any atom is 0.160 e. The summed E-state index contributed by atoms with van der Waals surface area (Å²) in [5.41, 5.74) is 4.81. The van der Waals surface area contributed by atoms with E-state index in [2.05, 4.69) is 83.0 Å². The van der Waals surface area contributed by atoms with Crippen LogP contribution < -0.4 is 0 Å². The summed E-state index contributed by atoms with van der Waals surface area (Å²) in [6, 6.07) is 19.2. The van der Waals surface area contributed by atoms with Crippen LogP contribution in [0.5, 0.6) is 0 Å². The average molecular weight is 375 g/mol. The van der Waals surface area contributed by atoms with Crippen molar-refractivity contribution in [2.24, 2.45) is 4.99 Å². The summed E-state index contributed by atoms with van der Waals surface area (Å²) in [5, 5.41) is 1.72. The number of thioether (sulfide) groups is 1. The van der Waals surface area contributed by atoms with Crippen LogP contribution in [-0.2, 0) is 0 Å². The fourth-order valence-corrected chi connectivity index (χ4v) is 5.22. The lowest BCUT2D eigenvalue weighted by molar-refractivity contribution is 0.312. The van der Waals surface area contributed by atoms with Crippen LogP contribution in [0.15, 0.2) is 72.0 Å². The van der Waals surface area contributed by atoms with Gasteiger partial charge in [0.1, 0.15) is 6.04 Å². The van der Waals surface area contributed by atoms with Crippen LogP contribution in [0, 0.1) is 6.92 Å². The summed E-state index contributed by atoms with van der Waals surface area (Å²) in [6.45, 7) is 5.47. The first-order valence-corrected chi connectivity index (χ1v) is 10.3. The molecule has 1 saturated heterocycles. The van der Waals surface area contributed by atoms with Crippen molar-refractivity contribution in [1.82, 2.24) is 14.5 Å². The highest BCUT2D eigenvalue weighted by Gasteiger charge is 2.44. The number of aliphatic imine (C=N–C) groups is 1. The predicted octanol–water partition coefficient (Wildman–Crippen LogP) is 4.77. The highest BCUT2D eigenvalue weighted by molar-refractivity contribution is 8.14. The first-order valence-electron chi connectivity index (χ1n) is 9.37. The van der Waals surface area contributed by atoms with E-state index in [1.54, 1.807) is 0 Å². The Hall–Kier alpha value is -2.53. The minimum atomic E-state index is 0.0267. The van der Waals surface area contributed by atoms with E-state index < -0.39 is 0 Å². The molecule has 3 atom stereocenters. The molecule has 4 nitrogen and oxygen atoms in total. The van der Waals surface area contributed by atoms with Crippen molar-refractivity contribution in [2.45, 2.75) is 31.2 Å². The number of benzene rings is 1. The molecule has 0 spiro atoms. The van der Waals surface area contributed by atoms with E-state index in [1.807, 2.05) is 24.0 Å². The summed E-state index contributed by atoms with van der Waals surface area (Å²) < 4.78 is 2.32. The number of pyridine rings is 1. The van der Waals surface area contributed by atoms with Gasteiger partial charge in [-0.1, -0.05) is 43.0 Å². The number of aryl methyl sites for hydroxylation is 1. The molecule has 0 amide bonds. The molecule has 5 rings (SSSR count). The van der Waals surface area contributed by atoms with Gasteiger partial charge in [-0.2, -0.15) is 0 Å². The minimum Gasteiger partial charge on any atom is -0.339 e. The lowest BCUT2D eigenvalue weighted by Gasteiger charge is -2.28. The van der Waals surface area contributed by atoms with Gasteiger partial charge in [0.25, 0.3) is 0 Å². The first kappa shape index (κ1) is 16.6. The van der Waals surface area contributed by atoms with Crippen molar-refractivity contribution < 1.29 is 0 Å². The molecule has 0 N–H and O–H groups in total. The van der Waals surface area contributed by atoms with Gasteiger partial charge in [0.15, 0.2) is 5.17 Å². The molecule has 2 aliphatic heterocycles. The molecule has 4 heterocycles. The molecule has 136 valence electrons. The molecule has 0 saturated carbocycles. The van der Waals surface area contributed by atoms with E-state index in [0.29, 0.717) is 5.25 Å². The van der Waals surface area contributed by atoms with E-state index in [4.69, 9.17) is 4.99 Å². The van der Waals surface area contributed by atoms with Gasteiger partial charge in [0.05, 0.1) is 11.7 Å². The predicted molar refractivity (Wildman–Crippen MR) is 111 cm³/mol. The lowest BCUT2D eigenvalue weighted by atomic mass is 10.0. The van der Waals surface area contributed by atoms with Crippen LogP contribution in [0.1, 0.15) is 36.0 Å². The second-order valence-electron chi connectivity index (χ2n) is 7.23. The maximum absolute atomic E-state index is 5.10. The van der Waals surface area contributed by atoms with Gasteiger partial charge in [0, 0.05) is 35.6 Å². The van der Waals surface area contributed by atoms with Crippen LogP contribution >= 0.6 is 11.8 Å². The Bertz CT molecular complexity index is 994. The topological polar surface area (TPSA) is 33.4 Å². The van der Waals surface area contributed by atoms with Gasteiger partial charge < -0.3 is 9.47 Å². The number of amidine groups is 1. The van der Waals surface area contributed by atoms with Crippen molar-refractivity contribution in [1.29, 1.82) is 0 Å². The van der Waals surface area contributed by atoms with Gasteiger partial charge in [0.2, 0.25) is 0 Å². The summed E-state index contributed by atoms with van der Waals surface area (Å²) in [6.07, 6.45) is 4.03. The average Bonchev–Trinajstić information content (AvgIpc) is 3.36. The molecule has 2 aromatic heterocycles. The van der Waals surface area contributed by atoms with Crippen LogP contribution in [-0.4, -0.2) is 31.4 Å².